The molecule has 1 aromatic carbocycles. The van der Waals surface area contributed by atoms with Crippen molar-refractivity contribution in [2.45, 2.75) is 20.8 Å². The molecule has 1 rings (SSSR count). The summed E-state index contributed by atoms with van der Waals surface area (Å²) in [7, 11) is 0. The Hall–Kier alpha value is -1.04. The summed E-state index contributed by atoms with van der Waals surface area (Å²) >= 11 is 0. The molecule has 0 spiro atoms. The molecule has 0 aliphatic heterocycles. The van der Waals surface area contributed by atoms with Crippen LogP contribution in [0.5, 0.6) is 0 Å². The van der Waals surface area contributed by atoms with E-state index >= 15 is 0 Å². The second kappa shape index (κ2) is 4.73. The second-order valence-corrected chi connectivity index (χ2v) is 2.42. The Balaban J connectivity index is 0.000001000. The molecule has 0 heteroatoms. The van der Waals surface area contributed by atoms with Crippen molar-refractivity contribution in [3.63, 3.8) is 0 Å². The van der Waals surface area contributed by atoms with Crippen LogP contribution in [0.3, 0.4) is 0 Å². The molecule has 0 amide bonds. The minimum Gasteiger partial charge on any atom is -0.103 e. The average molecular weight is 148 g/mol. The van der Waals surface area contributed by atoms with E-state index < -0.39 is 0 Å². The number of hydrogen-bond acceptors (Lipinski definition) is 0. The lowest BCUT2D eigenvalue weighted by Gasteiger charge is -1.99. The molecule has 0 N–H and O–H groups in total. The Bertz CT molecular complexity index is 223. The predicted molar refractivity (Wildman–Crippen MR) is 51.8 cm³/mol. The Morgan fingerprint density at radius 3 is 2.55 bits per heavy atom. The SMILES string of the molecule is C.C=CCc1ccccc1C. The molecule has 0 radical (unpaired) electrons. The van der Waals surface area contributed by atoms with Gasteiger partial charge in [-0.05, 0) is 24.5 Å². The summed E-state index contributed by atoms with van der Waals surface area (Å²) in [6.07, 6.45) is 2.91. The predicted octanol–water partition coefficient (Wildman–Crippen LogP) is 3.36. The number of aryl methyl sites for hydroxylation is 1. The van der Waals surface area contributed by atoms with Gasteiger partial charge in [0.25, 0.3) is 0 Å². The fraction of sp³-hybridized carbons (Fsp3) is 0.273. The van der Waals surface area contributed by atoms with Gasteiger partial charge in [-0.1, -0.05) is 37.8 Å². The van der Waals surface area contributed by atoms with Crippen LogP contribution < -0.4 is 0 Å². The van der Waals surface area contributed by atoms with Crippen LogP contribution in [0.4, 0.5) is 0 Å². The molecule has 11 heavy (non-hydrogen) atoms. The standard InChI is InChI=1S/C10H12.CH4/c1-3-6-10-8-5-4-7-9(10)2;/h3-5,7-8H,1,6H2,2H3;1H4. The topological polar surface area (TPSA) is 0 Å². The zero-order valence-corrected chi connectivity index (χ0v) is 6.30. The molecule has 60 valence electrons. The van der Waals surface area contributed by atoms with E-state index in [1.165, 1.54) is 11.1 Å². The minimum atomic E-state index is 0. The molecular weight excluding hydrogens is 132 g/mol. The second-order valence-electron chi connectivity index (χ2n) is 2.42. The van der Waals surface area contributed by atoms with E-state index in [-0.39, 0.29) is 7.43 Å². The summed E-state index contributed by atoms with van der Waals surface area (Å²) in [5.74, 6) is 0. The van der Waals surface area contributed by atoms with Crippen LogP contribution in [0.15, 0.2) is 36.9 Å². The van der Waals surface area contributed by atoms with Gasteiger partial charge in [0.1, 0.15) is 0 Å². The van der Waals surface area contributed by atoms with E-state index in [2.05, 4.69) is 37.8 Å². The quantitative estimate of drug-likeness (QED) is 0.564. The Kier molecular flexibility index (Phi) is 4.28. The summed E-state index contributed by atoms with van der Waals surface area (Å²) in [6.45, 7) is 5.82. The highest BCUT2D eigenvalue weighted by Gasteiger charge is 1.90. The highest BCUT2D eigenvalue weighted by molar-refractivity contribution is 5.26. The van der Waals surface area contributed by atoms with Gasteiger partial charge in [-0.25, -0.2) is 0 Å². The number of allylic oxidation sites excluding steroid dienone is 1. The van der Waals surface area contributed by atoms with Crippen molar-refractivity contribution in [3.05, 3.63) is 48.0 Å². The maximum Gasteiger partial charge on any atom is -0.00975 e. The molecule has 1 aromatic rings. The molecule has 0 unspecified atom stereocenters. The van der Waals surface area contributed by atoms with E-state index in [1.54, 1.807) is 0 Å². The first kappa shape index (κ1) is 9.96. The molecule has 0 aliphatic carbocycles. The van der Waals surface area contributed by atoms with Crippen molar-refractivity contribution in [2.75, 3.05) is 0 Å². The van der Waals surface area contributed by atoms with Gasteiger partial charge in [0.05, 0.1) is 0 Å². The summed E-state index contributed by atoms with van der Waals surface area (Å²) in [5, 5.41) is 0. The van der Waals surface area contributed by atoms with Crippen LogP contribution in [0.2, 0.25) is 0 Å². The van der Waals surface area contributed by atoms with Crippen LogP contribution in [-0.4, -0.2) is 0 Å². The number of hydrogen-bond donors (Lipinski definition) is 0. The maximum atomic E-state index is 3.70. The van der Waals surface area contributed by atoms with E-state index in [9.17, 15) is 0 Å². The Morgan fingerprint density at radius 1 is 1.36 bits per heavy atom. The van der Waals surface area contributed by atoms with Crippen LogP contribution in [0, 0.1) is 6.92 Å². The van der Waals surface area contributed by atoms with Crippen molar-refractivity contribution in [1.29, 1.82) is 0 Å². The van der Waals surface area contributed by atoms with Crippen LogP contribution in [0.1, 0.15) is 18.6 Å². The summed E-state index contributed by atoms with van der Waals surface area (Å²) in [4.78, 5) is 0. The first-order chi connectivity index (χ1) is 4.84. The molecule has 0 heterocycles. The van der Waals surface area contributed by atoms with Gasteiger partial charge in [0, 0.05) is 0 Å². The summed E-state index contributed by atoms with van der Waals surface area (Å²) in [5.41, 5.74) is 2.72. The third-order valence-corrected chi connectivity index (χ3v) is 1.63. The van der Waals surface area contributed by atoms with Crippen molar-refractivity contribution >= 4 is 0 Å². The molecule has 0 saturated heterocycles. The van der Waals surface area contributed by atoms with Gasteiger partial charge in [0.2, 0.25) is 0 Å². The minimum absolute atomic E-state index is 0. The molecule has 0 aliphatic rings. The lowest BCUT2D eigenvalue weighted by atomic mass is 10.1. The first-order valence-corrected chi connectivity index (χ1v) is 3.50. The van der Waals surface area contributed by atoms with Gasteiger partial charge >= 0.3 is 0 Å². The normalized spacial score (nSPS) is 8.45. The molecule has 0 saturated carbocycles. The van der Waals surface area contributed by atoms with Crippen molar-refractivity contribution in [2.24, 2.45) is 0 Å². The average Bonchev–Trinajstić information content (AvgIpc) is 1.94. The first-order valence-electron chi connectivity index (χ1n) is 3.50. The number of rotatable bonds is 2. The van der Waals surface area contributed by atoms with E-state index in [0.29, 0.717) is 0 Å². The smallest absolute Gasteiger partial charge is 0.00975 e. The molecule has 0 aromatic heterocycles. The zero-order valence-electron chi connectivity index (χ0n) is 6.30. The fourth-order valence-corrected chi connectivity index (χ4v) is 0.995. The molecule has 0 nitrogen and oxygen atoms in total. The van der Waals surface area contributed by atoms with Crippen LogP contribution in [-0.2, 0) is 6.42 Å². The van der Waals surface area contributed by atoms with E-state index in [0.717, 1.165) is 6.42 Å². The highest BCUT2D eigenvalue weighted by atomic mass is 14.0. The Morgan fingerprint density at radius 2 is 2.00 bits per heavy atom. The lowest BCUT2D eigenvalue weighted by molar-refractivity contribution is 1.22. The summed E-state index contributed by atoms with van der Waals surface area (Å²) in [6, 6.07) is 8.38. The van der Waals surface area contributed by atoms with E-state index in [1.807, 2.05) is 6.08 Å². The highest BCUT2D eigenvalue weighted by Crippen LogP contribution is 2.07. The molecule has 0 fully saturated rings. The van der Waals surface area contributed by atoms with Gasteiger partial charge in [-0.3, -0.25) is 0 Å². The van der Waals surface area contributed by atoms with Gasteiger partial charge in [-0.2, -0.15) is 0 Å². The fourth-order valence-electron chi connectivity index (χ4n) is 0.995. The monoisotopic (exact) mass is 148 g/mol. The van der Waals surface area contributed by atoms with Gasteiger partial charge in [0.15, 0.2) is 0 Å². The Labute approximate surface area is 69.6 Å². The summed E-state index contributed by atoms with van der Waals surface area (Å²) < 4.78 is 0. The van der Waals surface area contributed by atoms with Crippen LogP contribution >= 0.6 is 0 Å². The van der Waals surface area contributed by atoms with E-state index in [4.69, 9.17) is 0 Å². The van der Waals surface area contributed by atoms with Crippen molar-refractivity contribution in [1.82, 2.24) is 0 Å². The van der Waals surface area contributed by atoms with Gasteiger partial charge in [-0.15, -0.1) is 6.58 Å². The third kappa shape index (κ3) is 2.58. The maximum absolute atomic E-state index is 3.70. The molecule has 0 bridgehead atoms. The largest absolute Gasteiger partial charge is 0.103 e. The van der Waals surface area contributed by atoms with Crippen LogP contribution in [0.25, 0.3) is 0 Å². The molecule has 0 atom stereocenters. The van der Waals surface area contributed by atoms with Gasteiger partial charge < -0.3 is 0 Å². The van der Waals surface area contributed by atoms with Crippen molar-refractivity contribution < 1.29 is 0 Å². The van der Waals surface area contributed by atoms with Crippen molar-refractivity contribution in [3.8, 4) is 0 Å². The third-order valence-electron chi connectivity index (χ3n) is 1.63. The zero-order chi connectivity index (χ0) is 7.40. The lowest BCUT2D eigenvalue weighted by Crippen LogP contribution is -1.83. The number of benzene rings is 1. The molecular formula is C11H16.